The average Bonchev–Trinajstić information content (AvgIpc) is 2.42. The Kier molecular flexibility index (Phi) is 4.36. The summed E-state index contributed by atoms with van der Waals surface area (Å²) in [5.41, 5.74) is 11.3. The smallest absolute Gasteiger partial charge is 0.243 e. The number of nitrogens with two attached hydrogens (primary N) is 2. The fraction of sp³-hybridized carbons (Fsp3) is 0.417. The Morgan fingerprint density at radius 2 is 2.10 bits per heavy atom. The first-order valence-electron chi connectivity index (χ1n) is 6.17. The van der Waals surface area contributed by atoms with Crippen LogP contribution in [0, 0.1) is 5.92 Å². The summed E-state index contributed by atoms with van der Waals surface area (Å²) in [5, 5.41) is 0. The molecule has 8 heteroatoms. The van der Waals surface area contributed by atoms with Gasteiger partial charge in [-0.1, -0.05) is 0 Å². The van der Waals surface area contributed by atoms with Gasteiger partial charge in [-0.05, 0) is 47.0 Å². The summed E-state index contributed by atoms with van der Waals surface area (Å²) in [4.78, 5) is 11.4. The second-order valence-electron chi connectivity index (χ2n) is 4.79. The van der Waals surface area contributed by atoms with Crippen LogP contribution in [0.25, 0.3) is 0 Å². The molecule has 0 bridgehead atoms. The summed E-state index contributed by atoms with van der Waals surface area (Å²) in [5.74, 6) is -0.883. The predicted octanol–water partition coefficient (Wildman–Crippen LogP) is 0.917. The number of nitrogen functional groups attached to an aromatic ring is 1. The van der Waals surface area contributed by atoms with Crippen LogP contribution in [0.2, 0.25) is 0 Å². The number of nitrogens with zero attached hydrogens (tertiary/aromatic N) is 1. The third-order valence-corrected chi connectivity index (χ3v) is 5.98. The molecule has 1 unspecified atom stereocenters. The molecule has 6 nitrogen and oxygen atoms in total. The second-order valence-corrected chi connectivity index (χ2v) is 7.58. The summed E-state index contributed by atoms with van der Waals surface area (Å²) in [6.45, 7) is 0.524. The highest BCUT2D eigenvalue weighted by atomic mass is 79.9. The normalized spacial score (nSPS) is 20.8. The van der Waals surface area contributed by atoms with Gasteiger partial charge in [0.2, 0.25) is 15.9 Å². The van der Waals surface area contributed by atoms with E-state index in [0.717, 1.165) is 0 Å². The van der Waals surface area contributed by atoms with Crippen molar-refractivity contribution >= 4 is 37.5 Å². The predicted molar refractivity (Wildman–Crippen MR) is 79.2 cm³/mol. The van der Waals surface area contributed by atoms with Crippen LogP contribution in [-0.4, -0.2) is 31.7 Å². The number of hydrogen-bond acceptors (Lipinski definition) is 4. The molecule has 110 valence electrons. The first-order chi connectivity index (χ1) is 9.32. The summed E-state index contributed by atoms with van der Waals surface area (Å²) >= 11 is 3.23. The molecule has 1 saturated heterocycles. The Hall–Kier alpha value is -1.12. The molecular weight excluding hydrogens is 346 g/mol. The third kappa shape index (κ3) is 2.97. The maximum Gasteiger partial charge on any atom is 0.243 e. The molecule has 1 amide bonds. The largest absolute Gasteiger partial charge is 0.398 e. The summed E-state index contributed by atoms with van der Waals surface area (Å²) < 4.78 is 27.0. The molecule has 0 saturated carbocycles. The lowest BCUT2D eigenvalue weighted by molar-refractivity contribution is -0.122. The van der Waals surface area contributed by atoms with Crippen LogP contribution in [0.3, 0.4) is 0 Å². The van der Waals surface area contributed by atoms with Crippen molar-refractivity contribution in [1.29, 1.82) is 0 Å². The zero-order valence-electron chi connectivity index (χ0n) is 10.8. The van der Waals surface area contributed by atoms with Gasteiger partial charge in [0.25, 0.3) is 0 Å². The number of rotatable bonds is 3. The molecule has 1 aromatic carbocycles. The van der Waals surface area contributed by atoms with Crippen molar-refractivity contribution in [2.24, 2.45) is 11.7 Å². The Morgan fingerprint density at radius 3 is 2.70 bits per heavy atom. The zero-order valence-corrected chi connectivity index (χ0v) is 13.2. The minimum Gasteiger partial charge on any atom is -0.398 e. The number of amides is 1. The molecule has 20 heavy (non-hydrogen) atoms. The molecule has 1 fully saturated rings. The van der Waals surface area contributed by atoms with Gasteiger partial charge in [0.05, 0.1) is 10.8 Å². The van der Waals surface area contributed by atoms with E-state index >= 15 is 0 Å². The highest BCUT2D eigenvalue weighted by Crippen LogP contribution is 2.27. The van der Waals surface area contributed by atoms with Crippen LogP contribution in [0.1, 0.15) is 12.8 Å². The van der Waals surface area contributed by atoms with Gasteiger partial charge < -0.3 is 11.5 Å². The monoisotopic (exact) mass is 361 g/mol. The van der Waals surface area contributed by atoms with Gasteiger partial charge in [0.1, 0.15) is 0 Å². The summed E-state index contributed by atoms with van der Waals surface area (Å²) in [6.07, 6.45) is 1.25. The molecule has 2 rings (SSSR count). The molecule has 1 aliphatic heterocycles. The van der Waals surface area contributed by atoms with Crippen molar-refractivity contribution in [2.45, 2.75) is 17.7 Å². The van der Waals surface area contributed by atoms with Crippen LogP contribution in [0.5, 0.6) is 0 Å². The van der Waals surface area contributed by atoms with E-state index < -0.39 is 21.8 Å². The molecule has 0 aromatic heterocycles. The fourth-order valence-electron chi connectivity index (χ4n) is 2.22. The Bertz CT molecular complexity index is 633. The van der Waals surface area contributed by atoms with E-state index in [2.05, 4.69) is 15.9 Å². The van der Waals surface area contributed by atoms with Gasteiger partial charge in [0.15, 0.2) is 0 Å². The number of anilines is 1. The van der Waals surface area contributed by atoms with Crippen LogP contribution < -0.4 is 11.5 Å². The molecule has 0 radical (unpaired) electrons. The first kappa shape index (κ1) is 15.3. The number of piperidine rings is 1. The van der Waals surface area contributed by atoms with Crippen molar-refractivity contribution in [1.82, 2.24) is 4.31 Å². The van der Waals surface area contributed by atoms with Crippen molar-refractivity contribution in [3.63, 3.8) is 0 Å². The van der Waals surface area contributed by atoms with E-state index in [9.17, 15) is 13.2 Å². The van der Waals surface area contributed by atoms with E-state index in [1.165, 1.54) is 16.4 Å². The molecule has 1 aliphatic rings. The van der Waals surface area contributed by atoms with Crippen LogP contribution in [0.4, 0.5) is 5.69 Å². The Labute approximate surface area is 126 Å². The Morgan fingerprint density at radius 1 is 1.40 bits per heavy atom. The van der Waals surface area contributed by atoms with Crippen LogP contribution in [0.15, 0.2) is 27.6 Å². The van der Waals surface area contributed by atoms with Crippen LogP contribution in [-0.2, 0) is 14.8 Å². The number of primary amides is 1. The van der Waals surface area contributed by atoms with Gasteiger partial charge >= 0.3 is 0 Å². The average molecular weight is 362 g/mol. The van der Waals surface area contributed by atoms with E-state index in [1.54, 1.807) is 6.07 Å². The topological polar surface area (TPSA) is 106 Å². The molecule has 1 heterocycles. The highest BCUT2D eigenvalue weighted by molar-refractivity contribution is 9.10. The minimum atomic E-state index is -3.64. The molecular formula is C12H16BrN3O3S. The lowest BCUT2D eigenvalue weighted by Crippen LogP contribution is -2.44. The molecule has 4 N–H and O–H groups in total. The van der Waals surface area contributed by atoms with Gasteiger partial charge in [-0.25, -0.2) is 8.42 Å². The van der Waals surface area contributed by atoms with Crippen molar-refractivity contribution in [2.75, 3.05) is 18.8 Å². The number of halogens is 1. The lowest BCUT2D eigenvalue weighted by Gasteiger charge is -2.30. The number of sulfonamides is 1. The molecule has 1 aromatic rings. The maximum absolute atomic E-state index is 12.5. The lowest BCUT2D eigenvalue weighted by atomic mass is 9.99. The van der Waals surface area contributed by atoms with E-state index in [4.69, 9.17) is 11.5 Å². The quantitative estimate of drug-likeness (QED) is 0.780. The van der Waals surface area contributed by atoms with Gasteiger partial charge in [-0.3, -0.25) is 4.79 Å². The highest BCUT2D eigenvalue weighted by Gasteiger charge is 2.32. The minimum absolute atomic E-state index is 0.128. The second kappa shape index (κ2) is 5.71. The number of benzene rings is 1. The van der Waals surface area contributed by atoms with Crippen molar-refractivity contribution in [3.05, 3.63) is 22.7 Å². The number of hydrogen-bond donors (Lipinski definition) is 2. The maximum atomic E-state index is 12.5. The zero-order chi connectivity index (χ0) is 14.9. The van der Waals surface area contributed by atoms with Crippen molar-refractivity contribution < 1.29 is 13.2 Å². The molecule has 0 aliphatic carbocycles. The first-order valence-corrected chi connectivity index (χ1v) is 8.40. The summed E-state index contributed by atoms with van der Waals surface area (Å²) in [7, 11) is -3.64. The Balaban J connectivity index is 2.29. The van der Waals surface area contributed by atoms with E-state index in [-0.39, 0.29) is 11.4 Å². The van der Waals surface area contributed by atoms with Gasteiger partial charge in [-0.2, -0.15) is 4.31 Å². The van der Waals surface area contributed by atoms with Gasteiger partial charge in [0, 0.05) is 23.2 Å². The number of carbonyl (C=O) groups excluding carboxylic acids is 1. The SMILES string of the molecule is NC(=O)C1CCCN(S(=O)(=O)c2ccc(Br)c(N)c2)C1. The third-order valence-electron chi connectivity index (χ3n) is 3.39. The van der Waals surface area contributed by atoms with Crippen LogP contribution >= 0.6 is 15.9 Å². The van der Waals surface area contributed by atoms with E-state index in [0.29, 0.717) is 29.5 Å². The van der Waals surface area contributed by atoms with Crippen molar-refractivity contribution in [3.8, 4) is 0 Å². The van der Waals surface area contributed by atoms with Gasteiger partial charge in [-0.15, -0.1) is 0 Å². The molecule has 1 atom stereocenters. The fourth-order valence-corrected chi connectivity index (χ4v) is 4.03. The van der Waals surface area contributed by atoms with E-state index in [1.807, 2.05) is 0 Å². The summed E-state index contributed by atoms with van der Waals surface area (Å²) in [6, 6.07) is 4.49. The molecule has 0 spiro atoms. The number of carbonyl (C=O) groups is 1. The standard InChI is InChI=1S/C12H16BrN3O3S/c13-10-4-3-9(6-11(10)14)20(18,19)16-5-1-2-8(7-16)12(15)17/h3-4,6,8H,1-2,5,7,14H2,(H2,15,17).